The molecule has 1 atom stereocenters. The third-order valence-corrected chi connectivity index (χ3v) is 2.94. The van der Waals surface area contributed by atoms with Gasteiger partial charge in [0.25, 0.3) is 5.91 Å². The maximum Gasteiger partial charge on any atom is 0.272 e. The summed E-state index contributed by atoms with van der Waals surface area (Å²) in [6, 6.07) is 7.58. The molecule has 18 heavy (non-hydrogen) atoms. The standard InChI is InChI=1S/C13H18N4O/c1-2-5-9(8-14)15-13(18)12-10-6-3-4-7-11(10)16-17-12/h3-4,6-7,9H,2,5,8,14H2,1H3,(H,15,18)(H,16,17). The quantitative estimate of drug-likeness (QED) is 0.746. The number of H-pyrrole nitrogens is 1. The smallest absolute Gasteiger partial charge is 0.272 e. The van der Waals surface area contributed by atoms with Gasteiger partial charge in [-0.05, 0) is 12.5 Å². The van der Waals surface area contributed by atoms with E-state index in [0.717, 1.165) is 23.7 Å². The van der Waals surface area contributed by atoms with E-state index in [9.17, 15) is 4.79 Å². The van der Waals surface area contributed by atoms with Crippen molar-refractivity contribution in [2.24, 2.45) is 5.73 Å². The lowest BCUT2D eigenvalue weighted by Gasteiger charge is -2.14. The van der Waals surface area contributed by atoms with Crippen LogP contribution >= 0.6 is 0 Å². The minimum atomic E-state index is -0.170. The number of hydrogen-bond acceptors (Lipinski definition) is 3. The number of amides is 1. The topological polar surface area (TPSA) is 83.8 Å². The van der Waals surface area contributed by atoms with Crippen LogP contribution < -0.4 is 11.1 Å². The van der Waals surface area contributed by atoms with E-state index in [1.54, 1.807) is 0 Å². The fourth-order valence-corrected chi connectivity index (χ4v) is 1.99. The summed E-state index contributed by atoms with van der Waals surface area (Å²) in [6.45, 7) is 2.51. The number of fused-ring (bicyclic) bond motifs is 1. The molecule has 1 amide bonds. The van der Waals surface area contributed by atoms with Gasteiger partial charge in [-0.25, -0.2) is 0 Å². The number of aromatic nitrogens is 2. The SMILES string of the molecule is CCCC(CN)NC(=O)c1n[nH]c2ccccc12. The molecule has 0 saturated heterocycles. The van der Waals surface area contributed by atoms with Crippen molar-refractivity contribution in [3.63, 3.8) is 0 Å². The lowest BCUT2D eigenvalue weighted by atomic mass is 10.1. The molecule has 0 aliphatic rings. The molecule has 0 radical (unpaired) electrons. The molecule has 2 aromatic rings. The van der Waals surface area contributed by atoms with Gasteiger partial charge < -0.3 is 11.1 Å². The number of nitrogens with zero attached hydrogens (tertiary/aromatic N) is 1. The molecule has 0 aliphatic heterocycles. The van der Waals surface area contributed by atoms with Crippen molar-refractivity contribution in [2.45, 2.75) is 25.8 Å². The van der Waals surface area contributed by atoms with Crippen LogP contribution in [0.1, 0.15) is 30.3 Å². The second-order valence-corrected chi connectivity index (χ2v) is 4.31. The number of carbonyl (C=O) groups excluding carboxylic acids is 1. The molecule has 5 nitrogen and oxygen atoms in total. The van der Waals surface area contributed by atoms with Gasteiger partial charge in [-0.1, -0.05) is 31.5 Å². The first-order valence-corrected chi connectivity index (χ1v) is 6.20. The van der Waals surface area contributed by atoms with Crippen LogP contribution in [0.4, 0.5) is 0 Å². The highest BCUT2D eigenvalue weighted by Gasteiger charge is 2.16. The molecular weight excluding hydrogens is 228 g/mol. The first-order chi connectivity index (χ1) is 8.76. The maximum absolute atomic E-state index is 12.1. The fourth-order valence-electron chi connectivity index (χ4n) is 1.99. The Labute approximate surface area is 106 Å². The Morgan fingerprint density at radius 3 is 3.00 bits per heavy atom. The number of aromatic amines is 1. The Morgan fingerprint density at radius 1 is 1.50 bits per heavy atom. The van der Waals surface area contributed by atoms with Crippen molar-refractivity contribution in [3.05, 3.63) is 30.0 Å². The van der Waals surface area contributed by atoms with Crippen LogP contribution in [-0.2, 0) is 0 Å². The van der Waals surface area contributed by atoms with Gasteiger partial charge >= 0.3 is 0 Å². The molecule has 0 aliphatic carbocycles. The molecule has 0 saturated carbocycles. The summed E-state index contributed by atoms with van der Waals surface area (Å²) in [7, 11) is 0. The van der Waals surface area contributed by atoms with E-state index in [2.05, 4.69) is 22.4 Å². The number of nitrogens with two attached hydrogens (primary N) is 1. The molecule has 2 rings (SSSR count). The molecule has 1 unspecified atom stereocenters. The largest absolute Gasteiger partial charge is 0.347 e. The van der Waals surface area contributed by atoms with Gasteiger partial charge in [-0.2, -0.15) is 5.10 Å². The van der Waals surface area contributed by atoms with Crippen molar-refractivity contribution in [2.75, 3.05) is 6.54 Å². The van der Waals surface area contributed by atoms with Crippen molar-refractivity contribution in [1.29, 1.82) is 0 Å². The molecule has 4 N–H and O–H groups in total. The first-order valence-electron chi connectivity index (χ1n) is 6.20. The van der Waals surface area contributed by atoms with Crippen LogP contribution in [-0.4, -0.2) is 28.7 Å². The van der Waals surface area contributed by atoms with Crippen molar-refractivity contribution in [3.8, 4) is 0 Å². The van der Waals surface area contributed by atoms with Gasteiger partial charge in [0, 0.05) is 18.0 Å². The van der Waals surface area contributed by atoms with E-state index in [1.165, 1.54) is 0 Å². The predicted octanol–water partition coefficient (Wildman–Crippen LogP) is 1.42. The Morgan fingerprint density at radius 2 is 2.28 bits per heavy atom. The maximum atomic E-state index is 12.1. The number of nitrogens with one attached hydrogen (secondary N) is 2. The van der Waals surface area contributed by atoms with E-state index in [4.69, 9.17) is 5.73 Å². The fraction of sp³-hybridized carbons (Fsp3) is 0.385. The molecule has 0 bridgehead atoms. The lowest BCUT2D eigenvalue weighted by molar-refractivity contribution is 0.0932. The average Bonchev–Trinajstić information content (AvgIpc) is 2.82. The minimum absolute atomic E-state index is 0.0120. The van der Waals surface area contributed by atoms with Gasteiger partial charge in [-0.15, -0.1) is 0 Å². The molecule has 1 aromatic carbocycles. The zero-order valence-corrected chi connectivity index (χ0v) is 10.4. The summed E-state index contributed by atoms with van der Waals surface area (Å²) in [4.78, 5) is 12.1. The molecule has 0 spiro atoms. The van der Waals surface area contributed by atoms with Crippen LogP contribution in [0.5, 0.6) is 0 Å². The Bertz CT molecular complexity index is 535. The van der Waals surface area contributed by atoms with Gasteiger partial charge in [0.1, 0.15) is 0 Å². The molecule has 5 heteroatoms. The van der Waals surface area contributed by atoms with Crippen molar-refractivity contribution >= 4 is 16.8 Å². The van der Waals surface area contributed by atoms with Crippen molar-refractivity contribution in [1.82, 2.24) is 15.5 Å². The number of carbonyl (C=O) groups is 1. The second kappa shape index (κ2) is 5.64. The van der Waals surface area contributed by atoms with Crippen LogP contribution in [0.3, 0.4) is 0 Å². The zero-order valence-electron chi connectivity index (χ0n) is 10.4. The molecule has 0 fully saturated rings. The normalized spacial score (nSPS) is 12.6. The number of para-hydroxylation sites is 1. The van der Waals surface area contributed by atoms with Crippen LogP contribution in [0, 0.1) is 0 Å². The van der Waals surface area contributed by atoms with Gasteiger partial charge in [0.15, 0.2) is 5.69 Å². The summed E-state index contributed by atoms with van der Waals surface area (Å²) >= 11 is 0. The predicted molar refractivity (Wildman–Crippen MR) is 71.3 cm³/mol. The lowest BCUT2D eigenvalue weighted by Crippen LogP contribution is -2.40. The van der Waals surface area contributed by atoms with Crippen molar-refractivity contribution < 1.29 is 4.79 Å². The van der Waals surface area contributed by atoms with E-state index < -0.39 is 0 Å². The summed E-state index contributed by atoms with van der Waals surface area (Å²) in [5, 5.41) is 10.7. The monoisotopic (exact) mass is 246 g/mol. The minimum Gasteiger partial charge on any atom is -0.347 e. The van der Waals surface area contributed by atoms with Gasteiger partial charge in [0.05, 0.1) is 5.52 Å². The van der Waals surface area contributed by atoms with E-state index in [0.29, 0.717) is 12.2 Å². The summed E-state index contributed by atoms with van der Waals surface area (Å²) in [5.74, 6) is -0.170. The van der Waals surface area contributed by atoms with Gasteiger partial charge in [-0.3, -0.25) is 9.89 Å². The number of rotatable bonds is 5. The third-order valence-electron chi connectivity index (χ3n) is 2.94. The third kappa shape index (κ3) is 2.51. The van der Waals surface area contributed by atoms with Gasteiger partial charge in [0.2, 0.25) is 0 Å². The highest BCUT2D eigenvalue weighted by molar-refractivity contribution is 6.04. The summed E-state index contributed by atoms with van der Waals surface area (Å²) < 4.78 is 0. The molecular formula is C13H18N4O. The second-order valence-electron chi connectivity index (χ2n) is 4.31. The molecule has 1 heterocycles. The van der Waals surface area contributed by atoms with Crippen LogP contribution in [0.15, 0.2) is 24.3 Å². The molecule has 1 aromatic heterocycles. The Balaban J connectivity index is 2.18. The zero-order chi connectivity index (χ0) is 13.0. The highest BCUT2D eigenvalue weighted by atomic mass is 16.2. The summed E-state index contributed by atoms with van der Waals surface area (Å²) in [6.07, 6.45) is 1.87. The summed E-state index contributed by atoms with van der Waals surface area (Å²) in [5.41, 5.74) is 6.92. The van der Waals surface area contributed by atoms with E-state index in [-0.39, 0.29) is 11.9 Å². The highest BCUT2D eigenvalue weighted by Crippen LogP contribution is 2.15. The van der Waals surface area contributed by atoms with Crippen LogP contribution in [0.25, 0.3) is 10.9 Å². The van der Waals surface area contributed by atoms with Crippen LogP contribution in [0.2, 0.25) is 0 Å². The number of hydrogen-bond donors (Lipinski definition) is 3. The van der Waals surface area contributed by atoms with E-state index >= 15 is 0 Å². The molecule has 96 valence electrons. The number of benzene rings is 1. The van der Waals surface area contributed by atoms with E-state index in [1.807, 2.05) is 24.3 Å². The Hall–Kier alpha value is -1.88. The average molecular weight is 246 g/mol. The Kier molecular flexibility index (Phi) is 3.94. The first kappa shape index (κ1) is 12.6.